The number of urea groups is 1. The molecule has 7 heteroatoms. The molecule has 1 aliphatic carbocycles. The molecular formula is C19H32N4O3. The summed E-state index contributed by atoms with van der Waals surface area (Å²) in [6.07, 6.45) is 9.75. The van der Waals surface area contributed by atoms with Gasteiger partial charge in [-0.15, -0.1) is 0 Å². The first kappa shape index (κ1) is 19.1. The van der Waals surface area contributed by atoms with Gasteiger partial charge in [-0.3, -0.25) is 14.5 Å². The van der Waals surface area contributed by atoms with Crippen LogP contribution in [-0.4, -0.2) is 65.9 Å². The SMILES string of the molecule is O=C(CCN1C(=O)NC2(CCCCC2)C1=O)NCCN1CCCCCC1. The number of hydrogen-bond donors (Lipinski definition) is 2. The molecule has 3 fully saturated rings. The first-order chi connectivity index (χ1) is 12.6. The van der Waals surface area contributed by atoms with Crippen molar-refractivity contribution in [2.45, 2.75) is 69.7 Å². The van der Waals surface area contributed by atoms with Crippen molar-refractivity contribution in [2.75, 3.05) is 32.7 Å². The van der Waals surface area contributed by atoms with Crippen LogP contribution in [0.3, 0.4) is 0 Å². The van der Waals surface area contributed by atoms with Gasteiger partial charge in [0.15, 0.2) is 0 Å². The van der Waals surface area contributed by atoms with Gasteiger partial charge in [0.2, 0.25) is 5.91 Å². The molecule has 3 rings (SSSR count). The zero-order valence-electron chi connectivity index (χ0n) is 15.7. The molecular weight excluding hydrogens is 332 g/mol. The first-order valence-corrected chi connectivity index (χ1v) is 10.2. The predicted octanol–water partition coefficient (Wildman–Crippen LogP) is 1.62. The Labute approximate surface area is 155 Å². The van der Waals surface area contributed by atoms with Crippen LogP contribution in [0.4, 0.5) is 4.79 Å². The highest BCUT2D eigenvalue weighted by atomic mass is 16.2. The van der Waals surface area contributed by atoms with Crippen LogP contribution in [0.2, 0.25) is 0 Å². The van der Waals surface area contributed by atoms with Crippen molar-refractivity contribution < 1.29 is 14.4 Å². The molecule has 1 saturated carbocycles. The minimum Gasteiger partial charge on any atom is -0.355 e. The summed E-state index contributed by atoms with van der Waals surface area (Å²) in [4.78, 5) is 40.6. The summed E-state index contributed by atoms with van der Waals surface area (Å²) >= 11 is 0. The monoisotopic (exact) mass is 364 g/mol. The Morgan fingerprint density at radius 2 is 1.62 bits per heavy atom. The van der Waals surface area contributed by atoms with E-state index in [1.54, 1.807) is 0 Å². The maximum atomic E-state index is 12.7. The van der Waals surface area contributed by atoms with Gasteiger partial charge in [-0.1, -0.05) is 32.1 Å². The number of hydrogen-bond acceptors (Lipinski definition) is 4. The summed E-state index contributed by atoms with van der Waals surface area (Å²) in [6.45, 7) is 3.89. The number of nitrogens with one attached hydrogen (secondary N) is 2. The molecule has 3 aliphatic rings. The highest BCUT2D eigenvalue weighted by Gasteiger charge is 2.50. The van der Waals surface area contributed by atoms with Gasteiger partial charge in [0, 0.05) is 26.1 Å². The van der Waals surface area contributed by atoms with E-state index in [1.165, 1.54) is 30.6 Å². The van der Waals surface area contributed by atoms with Gasteiger partial charge in [-0.2, -0.15) is 0 Å². The van der Waals surface area contributed by atoms with Crippen molar-refractivity contribution in [3.05, 3.63) is 0 Å². The van der Waals surface area contributed by atoms with E-state index in [2.05, 4.69) is 15.5 Å². The van der Waals surface area contributed by atoms with E-state index in [0.717, 1.165) is 51.7 Å². The smallest absolute Gasteiger partial charge is 0.325 e. The third kappa shape index (κ3) is 4.55. The summed E-state index contributed by atoms with van der Waals surface area (Å²) in [6, 6.07) is -0.339. The Kier molecular flexibility index (Phi) is 6.51. The second-order valence-electron chi connectivity index (χ2n) is 7.89. The standard InChI is InChI=1S/C19H32N4O3/c24-16(20-11-15-22-12-6-1-2-7-13-22)8-14-23-17(25)19(21-18(23)26)9-4-3-5-10-19/h1-15H2,(H,20,24)(H,21,26). The first-order valence-electron chi connectivity index (χ1n) is 10.2. The Bertz CT molecular complexity index is 523. The maximum Gasteiger partial charge on any atom is 0.325 e. The highest BCUT2D eigenvalue weighted by molar-refractivity contribution is 6.07. The topological polar surface area (TPSA) is 81.8 Å². The number of imide groups is 1. The van der Waals surface area contributed by atoms with E-state index in [9.17, 15) is 14.4 Å². The van der Waals surface area contributed by atoms with Gasteiger partial charge in [-0.05, 0) is 38.8 Å². The van der Waals surface area contributed by atoms with Gasteiger partial charge in [-0.25, -0.2) is 4.79 Å². The van der Waals surface area contributed by atoms with Gasteiger partial charge in [0.25, 0.3) is 5.91 Å². The average Bonchev–Trinajstić information content (AvgIpc) is 2.81. The fraction of sp³-hybridized carbons (Fsp3) is 0.842. The zero-order valence-corrected chi connectivity index (χ0v) is 15.7. The quantitative estimate of drug-likeness (QED) is 0.702. The fourth-order valence-electron chi connectivity index (χ4n) is 4.39. The molecule has 4 amide bonds. The molecule has 2 heterocycles. The molecule has 0 aromatic rings. The summed E-state index contributed by atoms with van der Waals surface area (Å²) < 4.78 is 0. The predicted molar refractivity (Wildman–Crippen MR) is 98.6 cm³/mol. The molecule has 2 N–H and O–H groups in total. The molecule has 0 atom stereocenters. The van der Waals surface area contributed by atoms with Crippen molar-refractivity contribution in [1.82, 2.24) is 20.4 Å². The Hall–Kier alpha value is -1.63. The summed E-state index contributed by atoms with van der Waals surface area (Å²) in [5.74, 6) is -0.232. The van der Waals surface area contributed by atoms with Gasteiger partial charge in [0.05, 0.1) is 0 Å². The Morgan fingerprint density at radius 1 is 0.962 bits per heavy atom. The molecule has 0 radical (unpaired) electrons. The fourth-order valence-corrected chi connectivity index (χ4v) is 4.39. The van der Waals surface area contributed by atoms with Crippen LogP contribution in [0, 0.1) is 0 Å². The zero-order chi connectivity index (χ0) is 18.4. The highest BCUT2D eigenvalue weighted by Crippen LogP contribution is 2.33. The number of carbonyl (C=O) groups is 3. The summed E-state index contributed by atoms with van der Waals surface area (Å²) in [5.41, 5.74) is -0.696. The second kappa shape index (κ2) is 8.84. The van der Waals surface area contributed by atoms with Crippen molar-refractivity contribution in [2.24, 2.45) is 0 Å². The van der Waals surface area contributed by atoms with Crippen LogP contribution in [0.25, 0.3) is 0 Å². The number of carbonyl (C=O) groups excluding carboxylic acids is 3. The summed E-state index contributed by atoms with van der Waals surface area (Å²) in [5, 5.41) is 5.81. The van der Waals surface area contributed by atoms with Gasteiger partial charge < -0.3 is 15.5 Å². The number of likely N-dealkylation sites (tertiary alicyclic amines) is 1. The van der Waals surface area contributed by atoms with Gasteiger partial charge >= 0.3 is 6.03 Å². The van der Waals surface area contributed by atoms with Crippen LogP contribution in [0.1, 0.15) is 64.2 Å². The molecule has 26 heavy (non-hydrogen) atoms. The molecule has 146 valence electrons. The largest absolute Gasteiger partial charge is 0.355 e. The minimum absolute atomic E-state index is 0.0926. The number of amides is 4. The van der Waals surface area contributed by atoms with Crippen molar-refractivity contribution in [1.29, 1.82) is 0 Å². The van der Waals surface area contributed by atoms with E-state index >= 15 is 0 Å². The van der Waals surface area contributed by atoms with Crippen LogP contribution in [-0.2, 0) is 9.59 Å². The van der Waals surface area contributed by atoms with Gasteiger partial charge in [0.1, 0.15) is 5.54 Å². The molecule has 1 spiro atoms. The molecule has 7 nitrogen and oxygen atoms in total. The third-order valence-electron chi connectivity index (χ3n) is 5.96. The van der Waals surface area contributed by atoms with E-state index < -0.39 is 5.54 Å². The molecule has 0 bridgehead atoms. The summed E-state index contributed by atoms with van der Waals surface area (Å²) in [7, 11) is 0. The molecule has 2 aliphatic heterocycles. The van der Waals surface area contributed by atoms with Crippen molar-refractivity contribution in [3.8, 4) is 0 Å². The van der Waals surface area contributed by atoms with Crippen LogP contribution in [0.5, 0.6) is 0 Å². The Morgan fingerprint density at radius 3 is 2.31 bits per heavy atom. The average molecular weight is 364 g/mol. The molecule has 0 aromatic heterocycles. The minimum atomic E-state index is -0.696. The van der Waals surface area contributed by atoms with Crippen LogP contribution in [0.15, 0.2) is 0 Å². The number of nitrogens with zero attached hydrogens (tertiary/aromatic N) is 2. The van der Waals surface area contributed by atoms with Crippen molar-refractivity contribution in [3.63, 3.8) is 0 Å². The lowest BCUT2D eigenvalue weighted by Gasteiger charge is -2.30. The lowest BCUT2D eigenvalue weighted by molar-refractivity contribution is -0.132. The normalized spacial score (nSPS) is 23.8. The molecule has 0 unspecified atom stereocenters. The van der Waals surface area contributed by atoms with Crippen LogP contribution < -0.4 is 10.6 Å². The third-order valence-corrected chi connectivity index (χ3v) is 5.96. The van der Waals surface area contributed by atoms with Crippen molar-refractivity contribution >= 4 is 17.8 Å². The van der Waals surface area contributed by atoms with E-state index in [0.29, 0.717) is 6.54 Å². The van der Waals surface area contributed by atoms with E-state index in [1.807, 2.05) is 0 Å². The maximum absolute atomic E-state index is 12.7. The van der Waals surface area contributed by atoms with Crippen LogP contribution >= 0.6 is 0 Å². The number of rotatable bonds is 6. The lowest BCUT2D eigenvalue weighted by atomic mass is 9.82. The van der Waals surface area contributed by atoms with E-state index in [-0.39, 0.29) is 30.8 Å². The Balaban J connectivity index is 1.38. The molecule has 2 saturated heterocycles. The lowest BCUT2D eigenvalue weighted by Crippen LogP contribution is -2.48. The molecule has 0 aromatic carbocycles. The second-order valence-corrected chi connectivity index (χ2v) is 7.89. The van der Waals surface area contributed by atoms with E-state index in [4.69, 9.17) is 0 Å².